The van der Waals surface area contributed by atoms with Crippen LogP contribution in [0, 0.1) is 17.0 Å². The van der Waals surface area contributed by atoms with Crippen molar-refractivity contribution in [1.29, 1.82) is 0 Å². The molecule has 27 heavy (non-hydrogen) atoms. The Morgan fingerprint density at radius 2 is 2.19 bits per heavy atom. The Kier molecular flexibility index (Phi) is 5.16. The average Bonchev–Trinajstić information content (AvgIpc) is 3.26. The summed E-state index contributed by atoms with van der Waals surface area (Å²) >= 11 is 0. The minimum Gasteiger partial charge on any atom is -0.486 e. The minimum atomic E-state index is -0.433. The normalized spacial score (nSPS) is 11.0. The number of benzene rings is 1. The van der Waals surface area contributed by atoms with Gasteiger partial charge < -0.3 is 9.15 Å². The highest BCUT2D eigenvalue weighted by Gasteiger charge is 2.11. The monoisotopic (exact) mass is 367 g/mol. The number of ketones is 1. The summed E-state index contributed by atoms with van der Waals surface area (Å²) in [5.74, 6) is 1.43. The molecule has 0 spiro atoms. The Hall–Kier alpha value is -3.68. The van der Waals surface area contributed by atoms with Crippen LogP contribution in [-0.4, -0.2) is 20.5 Å². The van der Waals surface area contributed by atoms with Gasteiger partial charge in [0.2, 0.25) is 0 Å². The lowest BCUT2D eigenvalue weighted by atomic mass is 10.2. The van der Waals surface area contributed by atoms with Gasteiger partial charge in [-0.3, -0.25) is 19.6 Å². The van der Waals surface area contributed by atoms with Crippen LogP contribution >= 0.6 is 0 Å². The highest BCUT2D eigenvalue weighted by atomic mass is 16.6. The minimum absolute atomic E-state index is 0.0473. The number of aryl methyl sites for hydroxylation is 2. The predicted molar refractivity (Wildman–Crippen MR) is 97.4 cm³/mol. The van der Waals surface area contributed by atoms with Crippen LogP contribution in [0.4, 0.5) is 5.69 Å². The van der Waals surface area contributed by atoms with Gasteiger partial charge in [0.1, 0.15) is 23.9 Å². The summed E-state index contributed by atoms with van der Waals surface area (Å²) in [4.78, 5) is 22.4. The van der Waals surface area contributed by atoms with Crippen molar-refractivity contribution in [2.45, 2.75) is 13.5 Å². The molecule has 0 bridgehead atoms. The molecule has 1 aromatic carbocycles. The van der Waals surface area contributed by atoms with E-state index in [4.69, 9.17) is 9.15 Å². The van der Waals surface area contributed by atoms with Crippen LogP contribution in [0.3, 0.4) is 0 Å². The van der Waals surface area contributed by atoms with E-state index in [0.29, 0.717) is 28.4 Å². The van der Waals surface area contributed by atoms with Crippen molar-refractivity contribution in [3.8, 4) is 5.75 Å². The van der Waals surface area contributed by atoms with Gasteiger partial charge in [-0.25, -0.2) is 0 Å². The second kappa shape index (κ2) is 7.69. The van der Waals surface area contributed by atoms with Gasteiger partial charge in [0.05, 0.1) is 16.7 Å². The first-order valence-electron chi connectivity index (χ1n) is 8.10. The van der Waals surface area contributed by atoms with Gasteiger partial charge in [-0.1, -0.05) is 0 Å². The van der Waals surface area contributed by atoms with E-state index in [1.807, 2.05) is 0 Å². The fourth-order valence-corrected chi connectivity index (χ4v) is 2.44. The van der Waals surface area contributed by atoms with Gasteiger partial charge in [-0.15, -0.1) is 0 Å². The average molecular weight is 367 g/mol. The molecule has 0 aliphatic rings. The molecule has 8 nitrogen and oxygen atoms in total. The van der Waals surface area contributed by atoms with Gasteiger partial charge in [0, 0.05) is 24.9 Å². The number of hydrogen-bond donors (Lipinski definition) is 0. The van der Waals surface area contributed by atoms with Gasteiger partial charge >= 0.3 is 0 Å². The first kappa shape index (κ1) is 18.1. The van der Waals surface area contributed by atoms with Crippen molar-refractivity contribution in [2.24, 2.45) is 7.05 Å². The second-order valence-electron chi connectivity index (χ2n) is 5.90. The summed E-state index contributed by atoms with van der Waals surface area (Å²) in [6, 6.07) is 8.03. The Labute approximate surface area is 154 Å². The molecule has 2 heterocycles. The highest BCUT2D eigenvalue weighted by molar-refractivity contribution is 6.06. The fraction of sp³-hybridized carbons (Fsp3) is 0.158. The Bertz CT molecular complexity index is 1020. The number of nitro groups is 1. The van der Waals surface area contributed by atoms with Gasteiger partial charge in [-0.05, 0) is 43.3 Å². The molecule has 2 aromatic heterocycles. The SMILES string of the molecule is Cc1cc(OCc2ccc(/C=C/C(=O)c3cnn(C)c3)o2)ccc1[N+](=O)[O-]. The van der Waals surface area contributed by atoms with Crippen molar-refractivity contribution in [2.75, 3.05) is 0 Å². The molecular formula is C19H17N3O5. The van der Waals surface area contributed by atoms with E-state index in [1.54, 1.807) is 55.2 Å². The number of rotatable bonds is 7. The standard InChI is InChI=1S/C19H17N3O5/c1-13-9-16(5-7-18(13)22(24)25)26-12-17-4-3-15(27-17)6-8-19(23)14-10-20-21(2)11-14/h3-11H,12H2,1-2H3/b8-6+. The van der Waals surface area contributed by atoms with E-state index in [2.05, 4.69) is 5.10 Å². The zero-order chi connectivity index (χ0) is 19.4. The molecule has 0 aliphatic heterocycles. The first-order chi connectivity index (χ1) is 12.9. The maximum Gasteiger partial charge on any atom is 0.272 e. The van der Waals surface area contributed by atoms with Crippen LogP contribution < -0.4 is 4.74 Å². The predicted octanol–water partition coefficient (Wildman–Crippen LogP) is 3.70. The van der Waals surface area contributed by atoms with Crippen LogP contribution in [-0.2, 0) is 13.7 Å². The molecule has 0 unspecified atom stereocenters. The number of ether oxygens (including phenoxy) is 1. The molecule has 138 valence electrons. The number of hydrogen-bond acceptors (Lipinski definition) is 6. The third-order valence-electron chi connectivity index (χ3n) is 3.82. The van der Waals surface area contributed by atoms with Crippen molar-refractivity contribution >= 4 is 17.5 Å². The summed E-state index contributed by atoms with van der Waals surface area (Å²) in [5, 5.41) is 14.8. The Morgan fingerprint density at radius 1 is 1.37 bits per heavy atom. The van der Waals surface area contributed by atoms with Crippen LogP contribution in [0.15, 0.2) is 53.2 Å². The summed E-state index contributed by atoms with van der Waals surface area (Å²) in [5.41, 5.74) is 1.07. The maximum atomic E-state index is 12.0. The smallest absolute Gasteiger partial charge is 0.272 e. The molecule has 0 fully saturated rings. The lowest BCUT2D eigenvalue weighted by Crippen LogP contribution is -1.96. The topological polar surface area (TPSA) is 100 Å². The largest absolute Gasteiger partial charge is 0.486 e. The zero-order valence-electron chi connectivity index (χ0n) is 14.8. The summed E-state index contributed by atoms with van der Waals surface area (Å²) < 4.78 is 12.8. The lowest BCUT2D eigenvalue weighted by Gasteiger charge is -2.05. The summed E-state index contributed by atoms with van der Waals surface area (Å²) in [6.45, 7) is 1.82. The number of nitro benzene ring substituents is 1. The molecule has 3 rings (SSSR count). The summed E-state index contributed by atoms with van der Waals surface area (Å²) in [7, 11) is 1.74. The van der Waals surface area contributed by atoms with Crippen molar-refractivity contribution in [3.05, 3.63) is 81.6 Å². The molecule has 0 atom stereocenters. The van der Waals surface area contributed by atoms with Gasteiger partial charge in [-0.2, -0.15) is 5.10 Å². The second-order valence-corrected chi connectivity index (χ2v) is 5.90. The van der Waals surface area contributed by atoms with E-state index in [-0.39, 0.29) is 18.1 Å². The molecule has 3 aromatic rings. The Morgan fingerprint density at radius 3 is 2.85 bits per heavy atom. The van der Waals surface area contributed by atoms with Gasteiger partial charge in [0.25, 0.3) is 5.69 Å². The van der Waals surface area contributed by atoms with Crippen LogP contribution in [0.25, 0.3) is 6.08 Å². The molecule has 0 N–H and O–H groups in total. The van der Waals surface area contributed by atoms with Crippen LogP contribution in [0.1, 0.15) is 27.4 Å². The van der Waals surface area contributed by atoms with Crippen molar-refractivity contribution in [1.82, 2.24) is 9.78 Å². The maximum absolute atomic E-state index is 12.0. The lowest BCUT2D eigenvalue weighted by molar-refractivity contribution is -0.385. The molecule has 8 heteroatoms. The molecule has 0 saturated heterocycles. The Balaban J connectivity index is 1.59. The number of allylic oxidation sites excluding steroid dienone is 1. The van der Waals surface area contributed by atoms with E-state index in [0.717, 1.165) is 0 Å². The van der Waals surface area contributed by atoms with E-state index >= 15 is 0 Å². The number of nitrogens with zero attached hydrogens (tertiary/aromatic N) is 3. The van der Waals surface area contributed by atoms with E-state index in [1.165, 1.54) is 18.3 Å². The van der Waals surface area contributed by atoms with E-state index in [9.17, 15) is 14.9 Å². The zero-order valence-corrected chi connectivity index (χ0v) is 14.8. The van der Waals surface area contributed by atoms with Crippen LogP contribution in [0.2, 0.25) is 0 Å². The third-order valence-corrected chi connectivity index (χ3v) is 3.82. The van der Waals surface area contributed by atoms with Gasteiger partial charge in [0.15, 0.2) is 5.78 Å². The molecule has 0 radical (unpaired) electrons. The summed E-state index contributed by atoms with van der Waals surface area (Å²) in [6.07, 6.45) is 6.13. The fourth-order valence-electron chi connectivity index (χ4n) is 2.44. The number of carbonyl (C=O) groups is 1. The van der Waals surface area contributed by atoms with E-state index < -0.39 is 4.92 Å². The first-order valence-corrected chi connectivity index (χ1v) is 8.10. The molecule has 0 aliphatic carbocycles. The quantitative estimate of drug-likeness (QED) is 0.273. The molecule has 0 saturated carbocycles. The number of furan rings is 1. The van der Waals surface area contributed by atoms with Crippen molar-refractivity contribution in [3.63, 3.8) is 0 Å². The van der Waals surface area contributed by atoms with Crippen LogP contribution in [0.5, 0.6) is 5.75 Å². The third kappa shape index (κ3) is 4.49. The number of carbonyl (C=O) groups excluding carboxylic acids is 1. The highest BCUT2D eigenvalue weighted by Crippen LogP contribution is 2.24. The molecular weight excluding hydrogens is 350 g/mol. The number of aromatic nitrogens is 2. The van der Waals surface area contributed by atoms with Crippen molar-refractivity contribution < 1.29 is 18.9 Å². The molecule has 0 amide bonds.